The Morgan fingerprint density at radius 3 is 2.80 bits per heavy atom. The number of carbonyl (C=O) groups excluding carboxylic acids is 1. The minimum absolute atomic E-state index is 0.0466. The van der Waals surface area contributed by atoms with Crippen LogP contribution in [0.5, 0.6) is 0 Å². The van der Waals surface area contributed by atoms with Gasteiger partial charge in [0.2, 0.25) is 0 Å². The molecular formula is C13H12N4O3. The molecule has 102 valence electrons. The van der Waals surface area contributed by atoms with Crippen LogP contribution in [0.2, 0.25) is 0 Å². The summed E-state index contributed by atoms with van der Waals surface area (Å²) in [5, 5.41) is 13.7. The van der Waals surface area contributed by atoms with Crippen LogP contribution in [0.1, 0.15) is 15.9 Å². The van der Waals surface area contributed by atoms with Gasteiger partial charge < -0.3 is 11.1 Å². The molecule has 20 heavy (non-hydrogen) atoms. The molecule has 0 fully saturated rings. The van der Waals surface area contributed by atoms with Crippen LogP contribution in [-0.2, 0) is 0 Å². The lowest BCUT2D eigenvalue weighted by molar-refractivity contribution is -0.384. The first-order valence-corrected chi connectivity index (χ1v) is 5.76. The van der Waals surface area contributed by atoms with Crippen molar-refractivity contribution in [1.82, 2.24) is 4.98 Å². The number of nitrogens with one attached hydrogen (secondary N) is 1. The molecule has 0 unspecified atom stereocenters. The molecule has 1 heterocycles. The van der Waals surface area contributed by atoms with Gasteiger partial charge in [-0.3, -0.25) is 14.9 Å². The fraction of sp³-hybridized carbons (Fsp3) is 0.0769. The fourth-order valence-electron chi connectivity index (χ4n) is 1.69. The van der Waals surface area contributed by atoms with E-state index in [2.05, 4.69) is 10.3 Å². The van der Waals surface area contributed by atoms with E-state index in [0.717, 1.165) is 5.56 Å². The topological polar surface area (TPSA) is 111 Å². The Hall–Kier alpha value is -2.96. The lowest BCUT2D eigenvalue weighted by atomic mass is 10.1. The summed E-state index contributed by atoms with van der Waals surface area (Å²) in [6.07, 6.45) is 1.50. The minimum Gasteiger partial charge on any atom is -0.365 e. The van der Waals surface area contributed by atoms with E-state index in [9.17, 15) is 14.9 Å². The largest absolute Gasteiger partial charge is 0.365 e. The number of benzene rings is 1. The van der Waals surface area contributed by atoms with Crippen LogP contribution in [-0.4, -0.2) is 15.8 Å². The molecule has 0 saturated carbocycles. The first-order chi connectivity index (χ1) is 9.49. The van der Waals surface area contributed by atoms with Crippen LogP contribution in [0.4, 0.5) is 17.2 Å². The highest BCUT2D eigenvalue weighted by molar-refractivity contribution is 5.98. The molecule has 0 atom stereocenters. The first kappa shape index (κ1) is 13.5. The summed E-state index contributed by atoms with van der Waals surface area (Å²) in [6.45, 7) is 1.79. The van der Waals surface area contributed by atoms with Gasteiger partial charge in [0, 0.05) is 24.0 Å². The summed E-state index contributed by atoms with van der Waals surface area (Å²) in [7, 11) is 0. The molecule has 1 amide bonds. The van der Waals surface area contributed by atoms with Crippen molar-refractivity contribution in [3.63, 3.8) is 0 Å². The fourth-order valence-corrected chi connectivity index (χ4v) is 1.69. The summed E-state index contributed by atoms with van der Waals surface area (Å²) in [5.74, 6) is -0.354. The number of aryl methyl sites for hydroxylation is 1. The van der Waals surface area contributed by atoms with E-state index < -0.39 is 10.8 Å². The van der Waals surface area contributed by atoms with Crippen molar-refractivity contribution in [2.75, 3.05) is 5.32 Å². The number of hydrogen-bond donors (Lipinski definition) is 2. The minimum atomic E-state index is -0.622. The summed E-state index contributed by atoms with van der Waals surface area (Å²) in [6, 6.07) is 7.53. The van der Waals surface area contributed by atoms with E-state index in [1.807, 2.05) is 0 Å². The van der Waals surface area contributed by atoms with Gasteiger partial charge in [0.05, 0.1) is 10.5 Å². The molecule has 0 radical (unpaired) electrons. The highest BCUT2D eigenvalue weighted by Gasteiger charge is 2.12. The Labute approximate surface area is 114 Å². The Balaban J connectivity index is 2.42. The Morgan fingerprint density at radius 1 is 1.40 bits per heavy atom. The number of nitrogens with zero attached hydrogens (tertiary/aromatic N) is 2. The quantitative estimate of drug-likeness (QED) is 0.654. The molecule has 0 aliphatic heterocycles. The molecule has 7 nitrogen and oxygen atoms in total. The van der Waals surface area contributed by atoms with Crippen molar-refractivity contribution < 1.29 is 9.72 Å². The molecular weight excluding hydrogens is 260 g/mol. The third kappa shape index (κ3) is 2.72. The molecule has 0 aliphatic rings. The van der Waals surface area contributed by atoms with Gasteiger partial charge in [-0.25, -0.2) is 4.98 Å². The SMILES string of the molecule is Cc1ccc([N+](=O)[O-])cc1Nc1ncccc1C(N)=O. The van der Waals surface area contributed by atoms with E-state index in [-0.39, 0.29) is 17.1 Å². The second-order valence-electron chi connectivity index (χ2n) is 4.15. The van der Waals surface area contributed by atoms with Crippen LogP contribution in [0.3, 0.4) is 0 Å². The third-order valence-corrected chi connectivity index (χ3v) is 2.76. The molecule has 2 aromatic rings. The maximum atomic E-state index is 11.3. The monoisotopic (exact) mass is 272 g/mol. The number of aromatic nitrogens is 1. The molecule has 3 N–H and O–H groups in total. The number of non-ortho nitro benzene ring substituents is 1. The number of nitro benzene ring substituents is 1. The normalized spacial score (nSPS) is 10.1. The van der Waals surface area contributed by atoms with E-state index >= 15 is 0 Å². The molecule has 0 spiro atoms. The number of rotatable bonds is 4. The van der Waals surface area contributed by atoms with Crippen LogP contribution in [0, 0.1) is 17.0 Å². The molecule has 0 aliphatic carbocycles. The maximum absolute atomic E-state index is 11.3. The van der Waals surface area contributed by atoms with Crippen molar-refractivity contribution in [3.8, 4) is 0 Å². The van der Waals surface area contributed by atoms with Gasteiger partial charge in [-0.05, 0) is 24.6 Å². The maximum Gasteiger partial charge on any atom is 0.271 e. The summed E-state index contributed by atoms with van der Waals surface area (Å²) in [5.41, 5.74) is 6.72. The first-order valence-electron chi connectivity index (χ1n) is 5.76. The second kappa shape index (κ2) is 5.35. The van der Waals surface area contributed by atoms with Gasteiger partial charge in [-0.1, -0.05) is 6.07 Å². The van der Waals surface area contributed by atoms with Crippen molar-refractivity contribution >= 4 is 23.1 Å². The van der Waals surface area contributed by atoms with Crippen molar-refractivity contribution in [3.05, 3.63) is 57.8 Å². The number of nitrogens with two attached hydrogens (primary N) is 1. The van der Waals surface area contributed by atoms with Gasteiger partial charge in [0.1, 0.15) is 5.82 Å². The average Bonchev–Trinajstić information content (AvgIpc) is 2.41. The van der Waals surface area contributed by atoms with E-state index in [1.54, 1.807) is 19.1 Å². The number of hydrogen-bond acceptors (Lipinski definition) is 5. The van der Waals surface area contributed by atoms with Gasteiger partial charge in [-0.15, -0.1) is 0 Å². The summed E-state index contributed by atoms with van der Waals surface area (Å²) < 4.78 is 0. The molecule has 7 heteroatoms. The van der Waals surface area contributed by atoms with Crippen LogP contribution in [0.15, 0.2) is 36.5 Å². The number of primary amides is 1. The summed E-state index contributed by atoms with van der Waals surface area (Å²) >= 11 is 0. The van der Waals surface area contributed by atoms with Crippen molar-refractivity contribution in [1.29, 1.82) is 0 Å². The average molecular weight is 272 g/mol. The number of carbonyl (C=O) groups is 1. The van der Waals surface area contributed by atoms with E-state index in [0.29, 0.717) is 5.69 Å². The predicted octanol–water partition coefficient (Wildman–Crippen LogP) is 2.14. The highest BCUT2D eigenvalue weighted by Crippen LogP contribution is 2.25. The standard InChI is InChI=1S/C13H12N4O3/c1-8-4-5-9(17(19)20)7-11(8)16-13-10(12(14)18)3-2-6-15-13/h2-7H,1H3,(H2,14,18)(H,15,16). The zero-order valence-electron chi connectivity index (χ0n) is 10.7. The predicted molar refractivity (Wildman–Crippen MR) is 73.9 cm³/mol. The number of anilines is 2. The van der Waals surface area contributed by atoms with Crippen LogP contribution in [0.25, 0.3) is 0 Å². The Bertz CT molecular complexity index is 685. The van der Waals surface area contributed by atoms with Gasteiger partial charge >= 0.3 is 0 Å². The smallest absolute Gasteiger partial charge is 0.271 e. The molecule has 1 aromatic heterocycles. The van der Waals surface area contributed by atoms with Gasteiger partial charge in [-0.2, -0.15) is 0 Å². The van der Waals surface area contributed by atoms with Gasteiger partial charge in [0.15, 0.2) is 0 Å². The number of pyridine rings is 1. The molecule has 2 rings (SSSR count). The van der Waals surface area contributed by atoms with E-state index in [1.165, 1.54) is 24.4 Å². The lowest BCUT2D eigenvalue weighted by Crippen LogP contribution is -2.14. The number of amides is 1. The van der Waals surface area contributed by atoms with Gasteiger partial charge in [0.25, 0.3) is 11.6 Å². The zero-order chi connectivity index (χ0) is 14.7. The van der Waals surface area contributed by atoms with E-state index in [4.69, 9.17) is 5.73 Å². The molecule has 0 saturated heterocycles. The highest BCUT2D eigenvalue weighted by atomic mass is 16.6. The Kier molecular flexibility index (Phi) is 3.60. The zero-order valence-corrected chi connectivity index (χ0v) is 10.7. The van der Waals surface area contributed by atoms with Crippen molar-refractivity contribution in [2.24, 2.45) is 5.73 Å². The Morgan fingerprint density at radius 2 is 2.15 bits per heavy atom. The van der Waals surface area contributed by atoms with Crippen molar-refractivity contribution in [2.45, 2.75) is 6.92 Å². The van der Waals surface area contributed by atoms with Crippen LogP contribution < -0.4 is 11.1 Å². The molecule has 1 aromatic carbocycles. The summed E-state index contributed by atoms with van der Waals surface area (Å²) in [4.78, 5) is 25.6. The second-order valence-corrected chi connectivity index (χ2v) is 4.15. The third-order valence-electron chi connectivity index (χ3n) is 2.76. The van der Waals surface area contributed by atoms with Crippen LogP contribution >= 0.6 is 0 Å². The number of nitro groups is 1. The molecule has 0 bridgehead atoms. The lowest BCUT2D eigenvalue weighted by Gasteiger charge is -2.10.